The topological polar surface area (TPSA) is 49.3 Å². The van der Waals surface area contributed by atoms with Gasteiger partial charge in [-0.05, 0) is 43.7 Å². The molecule has 1 amide bonds. The van der Waals surface area contributed by atoms with Gasteiger partial charge >= 0.3 is 0 Å². The Hall–Kier alpha value is -0.710. The lowest BCUT2D eigenvalue weighted by Gasteiger charge is -2.07. The zero-order chi connectivity index (χ0) is 13.4. The number of rotatable bonds is 7. The van der Waals surface area contributed by atoms with Crippen LogP contribution in [0.25, 0.3) is 0 Å². The van der Waals surface area contributed by atoms with Gasteiger partial charge in [0.2, 0.25) is 0 Å². The van der Waals surface area contributed by atoms with Crippen molar-refractivity contribution in [2.24, 2.45) is 0 Å². The highest BCUT2D eigenvalue weighted by Gasteiger charge is 2.10. The lowest BCUT2D eigenvalue weighted by Crippen LogP contribution is -2.24. The lowest BCUT2D eigenvalue weighted by molar-refractivity contribution is 0.0953. The van der Waals surface area contributed by atoms with Gasteiger partial charge in [0.15, 0.2) is 0 Å². The second-order valence-electron chi connectivity index (χ2n) is 3.89. The van der Waals surface area contributed by atoms with E-state index < -0.39 is 0 Å². The number of carbonyl (C=O) groups excluding carboxylic acids is 1. The zero-order valence-electron chi connectivity index (χ0n) is 10.4. The Morgan fingerprint density at radius 3 is 2.83 bits per heavy atom. The molecule has 5 heteroatoms. The summed E-state index contributed by atoms with van der Waals surface area (Å²) < 4.78 is 0. The van der Waals surface area contributed by atoms with E-state index in [1.807, 2.05) is 12.3 Å². The summed E-state index contributed by atoms with van der Waals surface area (Å²) in [7, 11) is 0. The molecule has 0 spiro atoms. The molecule has 1 aromatic carbocycles. The van der Waals surface area contributed by atoms with Crippen molar-refractivity contribution in [2.45, 2.75) is 24.2 Å². The Balaban J connectivity index is 2.50. The molecular weight excluding hydrogens is 270 g/mol. The maximum absolute atomic E-state index is 11.9. The normalized spacial score (nSPS) is 10.4. The molecule has 0 atom stereocenters. The predicted molar refractivity (Wildman–Crippen MR) is 76.5 cm³/mol. The Morgan fingerprint density at radius 2 is 2.17 bits per heavy atom. The summed E-state index contributed by atoms with van der Waals surface area (Å²) in [4.78, 5) is 12.9. The number of unbranched alkanes of at least 4 members (excludes halogenated alkanes) is 2. The first-order valence-electron chi connectivity index (χ1n) is 5.91. The van der Waals surface area contributed by atoms with Crippen LogP contribution in [-0.4, -0.2) is 30.4 Å². The highest BCUT2D eigenvalue weighted by atomic mass is 35.5. The minimum Gasteiger partial charge on any atom is -0.396 e. The maximum atomic E-state index is 11.9. The molecule has 0 aliphatic rings. The van der Waals surface area contributed by atoms with E-state index in [2.05, 4.69) is 5.32 Å². The Labute approximate surface area is 117 Å². The number of carbonyl (C=O) groups is 1. The summed E-state index contributed by atoms with van der Waals surface area (Å²) in [6, 6.07) is 5.44. The van der Waals surface area contributed by atoms with Gasteiger partial charge in [-0.2, -0.15) is 0 Å². The molecule has 100 valence electrons. The van der Waals surface area contributed by atoms with Crippen LogP contribution in [0.3, 0.4) is 0 Å². The quantitative estimate of drug-likeness (QED) is 0.599. The molecule has 2 N–H and O–H groups in total. The number of aliphatic hydroxyl groups excluding tert-OH is 1. The monoisotopic (exact) mass is 287 g/mol. The lowest BCUT2D eigenvalue weighted by atomic mass is 10.2. The average molecular weight is 288 g/mol. The van der Waals surface area contributed by atoms with Gasteiger partial charge in [0, 0.05) is 18.0 Å². The van der Waals surface area contributed by atoms with Crippen LogP contribution in [0.4, 0.5) is 0 Å². The summed E-state index contributed by atoms with van der Waals surface area (Å²) >= 11 is 7.59. The molecular formula is C13H18ClNO2S. The van der Waals surface area contributed by atoms with Crippen molar-refractivity contribution in [2.75, 3.05) is 19.4 Å². The number of hydrogen-bond acceptors (Lipinski definition) is 3. The van der Waals surface area contributed by atoms with Crippen molar-refractivity contribution in [3.05, 3.63) is 28.8 Å². The molecule has 0 aromatic heterocycles. The Morgan fingerprint density at radius 1 is 1.39 bits per heavy atom. The minimum atomic E-state index is -0.139. The number of amides is 1. The van der Waals surface area contributed by atoms with E-state index in [1.54, 1.807) is 23.9 Å². The van der Waals surface area contributed by atoms with Gasteiger partial charge in [-0.15, -0.1) is 11.8 Å². The highest BCUT2D eigenvalue weighted by Crippen LogP contribution is 2.22. The van der Waals surface area contributed by atoms with Gasteiger partial charge < -0.3 is 10.4 Å². The number of aliphatic hydroxyl groups is 1. The van der Waals surface area contributed by atoms with Gasteiger partial charge in [0.25, 0.3) is 5.91 Å². The summed E-state index contributed by atoms with van der Waals surface area (Å²) in [5, 5.41) is 11.9. The van der Waals surface area contributed by atoms with E-state index in [9.17, 15) is 4.79 Å². The Bertz CT molecular complexity index is 399. The third-order valence-electron chi connectivity index (χ3n) is 2.54. The first-order chi connectivity index (χ1) is 8.69. The highest BCUT2D eigenvalue weighted by molar-refractivity contribution is 7.98. The van der Waals surface area contributed by atoms with Crippen LogP contribution in [0.5, 0.6) is 0 Å². The van der Waals surface area contributed by atoms with Crippen molar-refractivity contribution in [1.29, 1.82) is 0 Å². The van der Waals surface area contributed by atoms with E-state index in [1.165, 1.54) is 0 Å². The molecule has 0 saturated carbocycles. The van der Waals surface area contributed by atoms with E-state index in [0.29, 0.717) is 17.1 Å². The molecule has 18 heavy (non-hydrogen) atoms. The number of benzene rings is 1. The molecule has 3 nitrogen and oxygen atoms in total. The fourth-order valence-electron chi connectivity index (χ4n) is 1.52. The van der Waals surface area contributed by atoms with Crippen molar-refractivity contribution >= 4 is 29.3 Å². The summed E-state index contributed by atoms with van der Waals surface area (Å²) in [6.07, 6.45) is 4.51. The van der Waals surface area contributed by atoms with Crippen LogP contribution in [0.15, 0.2) is 23.1 Å². The third-order valence-corrected chi connectivity index (χ3v) is 3.59. The fourth-order valence-corrected chi connectivity index (χ4v) is 2.16. The second-order valence-corrected chi connectivity index (χ2v) is 5.17. The molecule has 0 aliphatic carbocycles. The number of nitrogens with one attached hydrogen (secondary N) is 1. The van der Waals surface area contributed by atoms with Gasteiger partial charge in [-0.1, -0.05) is 11.6 Å². The largest absolute Gasteiger partial charge is 0.396 e. The van der Waals surface area contributed by atoms with Crippen LogP contribution in [0, 0.1) is 0 Å². The van der Waals surface area contributed by atoms with Gasteiger partial charge in [-0.25, -0.2) is 0 Å². The van der Waals surface area contributed by atoms with Crippen LogP contribution in [0.1, 0.15) is 29.6 Å². The molecule has 0 aliphatic heterocycles. The Kier molecular flexibility index (Phi) is 7.16. The number of halogens is 1. The predicted octanol–water partition coefficient (Wildman–Crippen LogP) is 2.95. The summed E-state index contributed by atoms with van der Waals surface area (Å²) in [5.74, 6) is -0.139. The first-order valence-corrected chi connectivity index (χ1v) is 7.52. The maximum Gasteiger partial charge on any atom is 0.252 e. The van der Waals surface area contributed by atoms with E-state index >= 15 is 0 Å². The van der Waals surface area contributed by atoms with Crippen LogP contribution < -0.4 is 5.32 Å². The molecule has 0 heterocycles. The standard InChI is InChI=1S/C13H18ClNO2S/c1-18-10-5-6-12(14)11(9-10)13(17)15-7-3-2-4-8-16/h5-6,9,16H,2-4,7-8H2,1H3,(H,15,17). The summed E-state index contributed by atoms with van der Waals surface area (Å²) in [5.41, 5.74) is 0.519. The number of thioether (sulfide) groups is 1. The average Bonchev–Trinajstić information content (AvgIpc) is 2.39. The molecule has 1 aromatic rings. The summed E-state index contributed by atoms with van der Waals surface area (Å²) in [6.45, 7) is 0.814. The van der Waals surface area contributed by atoms with Crippen LogP contribution >= 0.6 is 23.4 Å². The molecule has 1 rings (SSSR count). The SMILES string of the molecule is CSc1ccc(Cl)c(C(=O)NCCCCCO)c1. The van der Waals surface area contributed by atoms with Crippen molar-refractivity contribution < 1.29 is 9.90 Å². The molecule has 0 unspecified atom stereocenters. The van der Waals surface area contributed by atoms with Crippen LogP contribution in [0.2, 0.25) is 5.02 Å². The van der Waals surface area contributed by atoms with Crippen LogP contribution in [-0.2, 0) is 0 Å². The smallest absolute Gasteiger partial charge is 0.252 e. The second kappa shape index (κ2) is 8.40. The van der Waals surface area contributed by atoms with Crippen molar-refractivity contribution in [1.82, 2.24) is 5.32 Å². The van der Waals surface area contributed by atoms with E-state index in [-0.39, 0.29) is 12.5 Å². The van der Waals surface area contributed by atoms with Crippen molar-refractivity contribution in [3.63, 3.8) is 0 Å². The third kappa shape index (κ3) is 4.88. The van der Waals surface area contributed by atoms with E-state index in [0.717, 1.165) is 24.2 Å². The minimum absolute atomic E-state index is 0.139. The van der Waals surface area contributed by atoms with Gasteiger partial charge in [0.1, 0.15) is 0 Å². The van der Waals surface area contributed by atoms with Crippen molar-refractivity contribution in [3.8, 4) is 0 Å². The molecule has 0 bridgehead atoms. The fraction of sp³-hybridized carbons (Fsp3) is 0.462. The van der Waals surface area contributed by atoms with Gasteiger partial charge in [-0.3, -0.25) is 4.79 Å². The van der Waals surface area contributed by atoms with Gasteiger partial charge in [0.05, 0.1) is 10.6 Å². The first kappa shape index (κ1) is 15.3. The molecule has 0 fully saturated rings. The number of hydrogen-bond donors (Lipinski definition) is 2. The van der Waals surface area contributed by atoms with E-state index in [4.69, 9.17) is 16.7 Å². The zero-order valence-corrected chi connectivity index (χ0v) is 12.0. The molecule has 0 radical (unpaired) electrons. The molecule has 0 saturated heterocycles.